The second kappa shape index (κ2) is 8.95. The quantitative estimate of drug-likeness (QED) is 0.732. The SMILES string of the molecule is COc1cc(CC(=O)Nc2cc([C@H]3CC[C@@H](OC(=O)N4[C@H](C)C[C@H]4C)C3)[nH]n2)ccn1. The van der Waals surface area contributed by atoms with Crippen LogP contribution in [0.1, 0.15) is 56.7 Å². The second-order valence-electron chi connectivity index (χ2n) is 8.50. The fraction of sp³-hybridized carbons (Fsp3) is 0.545. The number of nitrogens with zero attached hydrogens (tertiary/aromatic N) is 3. The molecule has 31 heavy (non-hydrogen) atoms. The van der Waals surface area contributed by atoms with Gasteiger partial charge in [-0.2, -0.15) is 5.10 Å². The van der Waals surface area contributed by atoms with Gasteiger partial charge in [0.15, 0.2) is 5.82 Å². The Morgan fingerprint density at radius 2 is 2.03 bits per heavy atom. The van der Waals surface area contributed by atoms with E-state index in [2.05, 4.69) is 20.5 Å². The van der Waals surface area contributed by atoms with Crippen LogP contribution in [0.25, 0.3) is 0 Å². The zero-order chi connectivity index (χ0) is 22.0. The van der Waals surface area contributed by atoms with E-state index in [9.17, 15) is 9.59 Å². The van der Waals surface area contributed by atoms with Crippen LogP contribution in [0.2, 0.25) is 0 Å². The number of likely N-dealkylation sites (tertiary alicyclic amines) is 1. The maximum Gasteiger partial charge on any atom is 0.410 e. The molecule has 166 valence electrons. The molecule has 4 rings (SSSR count). The zero-order valence-corrected chi connectivity index (χ0v) is 18.1. The summed E-state index contributed by atoms with van der Waals surface area (Å²) in [7, 11) is 1.54. The van der Waals surface area contributed by atoms with Crippen molar-refractivity contribution in [2.45, 2.75) is 70.1 Å². The summed E-state index contributed by atoms with van der Waals surface area (Å²) in [6, 6.07) is 5.88. The maximum absolute atomic E-state index is 12.4. The number of anilines is 1. The number of aromatic nitrogens is 3. The fourth-order valence-corrected chi connectivity index (χ4v) is 4.56. The minimum absolute atomic E-state index is 0.0829. The highest BCUT2D eigenvalue weighted by atomic mass is 16.6. The van der Waals surface area contributed by atoms with Crippen LogP contribution in [0.5, 0.6) is 5.88 Å². The van der Waals surface area contributed by atoms with Crippen LogP contribution in [0.4, 0.5) is 10.6 Å². The molecule has 9 heteroatoms. The van der Waals surface area contributed by atoms with Crippen molar-refractivity contribution >= 4 is 17.8 Å². The molecule has 2 N–H and O–H groups in total. The smallest absolute Gasteiger partial charge is 0.410 e. The standard InChI is InChI=1S/C22H29N5O4/c1-13-8-14(2)27(13)22(29)31-17-5-4-16(11-17)18-12-19(26-25-18)24-20(28)9-15-6-7-23-21(10-15)30-3/h6-7,10,12-14,16-17H,4-5,8-9,11H2,1-3H3,(H2,24,25,26,28)/t13-,14-,16+,17-/m1/s1. The Morgan fingerprint density at radius 1 is 1.23 bits per heavy atom. The third-order valence-corrected chi connectivity index (χ3v) is 6.17. The average Bonchev–Trinajstić information content (AvgIpc) is 3.37. The van der Waals surface area contributed by atoms with Gasteiger partial charge in [-0.1, -0.05) is 0 Å². The lowest BCUT2D eigenvalue weighted by atomic mass is 9.97. The Hall–Kier alpha value is -3.10. The first-order valence-electron chi connectivity index (χ1n) is 10.8. The number of rotatable bonds is 6. The Bertz CT molecular complexity index is 937. The first kappa shape index (κ1) is 21.1. The summed E-state index contributed by atoms with van der Waals surface area (Å²) in [6.45, 7) is 4.09. The third-order valence-electron chi connectivity index (χ3n) is 6.17. The van der Waals surface area contributed by atoms with Crippen molar-refractivity contribution in [1.29, 1.82) is 0 Å². The van der Waals surface area contributed by atoms with Gasteiger partial charge in [-0.3, -0.25) is 9.89 Å². The van der Waals surface area contributed by atoms with Crippen molar-refractivity contribution < 1.29 is 19.1 Å². The number of carbonyl (C=O) groups is 2. The molecule has 2 aromatic rings. The largest absolute Gasteiger partial charge is 0.481 e. The second-order valence-corrected chi connectivity index (χ2v) is 8.50. The highest BCUT2D eigenvalue weighted by Crippen LogP contribution is 2.37. The number of H-pyrrole nitrogens is 1. The summed E-state index contributed by atoms with van der Waals surface area (Å²) >= 11 is 0. The molecule has 1 saturated carbocycles. The van der Waals surface area contributed by atoms with E-state index < -0.39 is 0 Å². The fourth-order valence-electron chi connectivity index (χ4n) is 4.56. The van der Waals surface area contributed by atoms with E-state index >= 15 is 0 Å². The number of hydrogen-bond donors (Lipinski definition) is 2. The van der Waals surface area contributed by atoms with Crippen LogP contribution in [0, 0.1) is 0 Å². The van der Waals surface area contributed by atoms with Gasteiger partial charge in [0.1, 0.15) is 6.10 Å². The van der Waals surface area contributed by atoms with Crippen molar-refractivity contribution in [3.05, 3.63) is 35.7 Å². The monoisotopic (exact) mass is 427 g/mol. The summed E-state index contributed by atoms with van der Waals surface area (Å²) in [4.78, 5) is 30.6. The van der Waals surface area contributed by atoms with Crippen LogP contribution in [-0.2, 0) is 16.0 Å². The Labute approximate surface area is 181 Å². The summed E-state index contributed by atoms with van der Waals surface area (Å²) in [6.07, 6.45) is 5.06. The van der Waals surface area contributed by atoms with Gasteiger partial charge in [0.25, 0.3) is 0 Å². The lowest BCUT2D eigenvalue weighted by molar-refractivity contribution is -0.115. The molecule has 1 saturated heterocycles. The van der Waals surface area contributed by atoms with Crippen molar-refractivity contribution in [2.24, 2.45) is 0 Å². The van der Waals surface area contributed by atoms with E-state index in [0.29, 0.717) is 11.7 Å². The van der Waals surface area contributed by atoms with Gasteiger partial charge >= 0.3 is 6.09 Å². The number of methoxy groups -OCH3 is 1. The van der Waals surface area contributed by atoms with Gasteiger partial charge in [-0.25, -0.2) is 9.78 Å². The third kappa shape index (κ3) is 4.81. The Balaban J connectivity index is 1.27. The number of amides is 2. The molecule has 1 aliphatic heterocycles. The molecule has 0 bridgehead atoms. The van der Waals surface area contributed by atoms with E-state index in [4.69, 9.17) is 9.47 Å². The summed E-state index contributed by atoms with van der Waals surface area (Å²) in [5, 5.41) is 10.1. The lowest BCUT2D eigenvalue weighted by Gasteiger charge is -2.44. The van der Waals surface area contributed by atoms with Gasteiger partial charge in [-0.05, 0) is 51.2 Å². The molecule has 0 aromatic carbocycles. The van der Waals surface area contributed by atoms with E-state index in [0.717, 1.165) is 36.9 Å². The van der Waals surface area contributed by atoms with Crippen LogP contribution >= 0.6 is 0 Å². The van der Waals surface area contributed by atoms with E-state index in [1.807, 2.05) is 24.8 Å². The van der Waals surface area contributed by atoms with E-state index in [-0.39, 0.29) is 42.5 Å². The number of ether oxygens (including phenoxy) is 2. The number of aromatic amines is 1. The molecular formula is C22H29N5O4. The van der Waals surface area contributed by atoms with Gasteiger partial charge in [0, 0.05) is 42.0 Å². The normalized spacial score (nSPS) is 25.1. The maximum atomic E-state index is 12.4. The lowest BCUT2D eigenvalue weighted by Crippen LogP contribution is -2.56. The molecule has 2 amide bonds. The van der Waals surface area contributed by atoms with Crippen LogP contribution in [0.15, 0.2) is 24.4 Å². The highest BCUT2D eigenvalue weighted by molar-refractivity contribution is 5.91. The molecule has 1 aliphatic carbocycles. The predicted octanol–water partition coefficient (Wildman–Crippen LogP) is 3.25. The zero-order valence-electron chi connectivity index (χ0n) is 18.1. The van der Waals surface area contributed by atoms with Crippen molar-refractivity contribution in [1.82, 2.24) is 20.1 Å². The highest BCUT2D eigenvalue weighted by Gasteiger charge is 2.39. The van der Waals surface area contributed by atoms with Crippen LogP contribution in [-0.4, -0.2) is 57.4 Å². The number of carbonyl (C=O) groups excluding carboxylic acids is 2. The molecule has 0 unspecified atom stereocenters. The Kier molecular flexibility index (Phi) is 6.11. The molecule has 3 heterocycles. The molecule has 0 radical (unpaired) electrons. The van der Waals surface area contributed by atoms with Crippen LogP contribution < -0.4 is 10.1 Å². The molecule has 2 aromatic heterocycles. The number of hydrogen-bond acceptors (Lipinski definition) is 6. The topological polar surface area (TPSA) is 109 Å². The number of pyridine rings is 1. The van der Waals surface area contributed by atoms with Gasteiger partial charge in [0.05, 0.1) is 13.5 Å². The summed E-state index contributed by atoms with van der Waals surface area (Å²) in [5.41, 5.74) is 1.76. The first-order chi connectivity index (χ1) is 14.9. The van der Waals surface area contributed by atoms with Crippen molar-refractivity contribution in [3.63, 3.8) is 0 Å². The van der Waals surface area contributed by atoms with E-state index in [1.165, 1.54) is 7.11 Å². The van der Waals surface area contributed by atoms with Crippen molar-refractivity contribution in [3.8, 4) is 5.88 Å². The molecule has 4 atom stereocenters. The predicted molar refractivity (Wildman–Crippen MR) is 114 cm³/mol. The molecule has 0 spiro atoms. The first-order valence-corrected chi connectivity index (χ1v) is 10.8. The van der Waals surface area contributed by atoms with E-state index in [1.54, 1.807) is 18.3 Å². The van der Waals surface area contributed by atoms with Crippen LogP contribution in [0.3, 0.4) is 0 Å². The minimum Gasteiger partial charge on any atom is -0.481 e. The summed E-state index contributed by atoms with van der Waals surface area (Å²) < 4.78 is 10.8. The average molecular weight is 428 g/mol. The summed E-state index contributed by atoms with van der Waals surface area (Å²) in [5.74, 6) is 1.03. The Morgan fingerprint density at radius 3 is 2.77 bits per heavy atom. The number of nitrogens with one attached hydrogen (secondary N) is 2. The minimum atomic E-state index is -0.206. The van der Waals surface area contributed by atoms with Crippen molar-refractivity contribution in [2.75, 3.05) is 12.4 Å². The molecule has 2 aliphatic rings. The van der Waals surface area contributed by atoms with Gasteiger partial charge in [-0.15, -0.1) is 0 Å². The van der Waals surface area contributed by atoms with Gasteiger partial charge in [0.2, 0.25) is 11.8 Å². The molecule has 2 fully saturated rings. The van der Waals surface area contributed by atoms with Gasteiger partial charge < -0.3 is 19.7 Å². The molecule has 9 nitrogen and oxygen atoms in total. The molecular weight excluding hydrogens is 398 g/mol.